The van der Waals surface area contributed by atoms with E-state index in [1.807, 2.05) is 0 Å². The highest BCUT2D eigenvalue weighted by Gasteiger charge is 2.36. The molecule has 2 aromatic carbocycles. The van der Waals surface area contributed by atoms with E-state index in [1.54, 1.807) is 48.5 Å². The Kier molecular flexibility index (Phi) is 5.59. The zero-order valence-corrected chi connectivity index (χ0v) is 15.2. The molecule has 0 aliphatic carbocycles. The number of ether oxygens (including phenoxy) is 1. The Morgan fingerprint density at radius 1 is 1.00 bits per heavy atom. The second kappa shape index (κ2) is 7.89. The molecular weight excluding hydrogens is 377 g/mol. The molecule has 134 valence electrons. The molecule has 1 fully saturated rings. The van der Waals surface area contributed by atoms with E-state index in [-0.39, 0.29) is 31.3 Å². The van der Waals surface area contributed by atoms with Gasteiger partial charge in [-0.2, -0.15) is 0 Å². The van der Waals surface area contributed by atoms with Crippen molar-refractivity contribution in [2.45, 2.75) is 6.42 Å². The predicted octanol–water partition coefficient (Wildman–Crippen LogP) is 3.77. The van der Waals surface area contributed by atoms with Gasteiger partial charge in [-0.25, -0.2) is 0 Å². The van der Waals surface area contributed by atoms with Crippen LogP contribution >= 0.6 is 23.2 Å². The molecule has 1 heterocycles. The largest absolute Gasteiger partial charge is 0.457 e. The van der Waals surface area contributed by atoms with E-state index in [0.717, 1.165) is 0 Å². The summed E-state index contributed by atoms with van der Waals surface area (Å²) in [6.45, 7) is -0.152. The summed E-state index contributed by atoms with van der Waals surface area (Å²) in [4.78, 5) is 38.0. The number of Topliss-reactive ketones (excluding diaryl/α,β-unsaturated/α-hetero) is 1. The lowest BCUT2D eigenvalue weighted by Crippen LogP contribution is -2.27. The van der Waals surface area contributed by atoms with Gasteiger partial charge >= 0.3 is 5.97 Å². The molecule has 3 rings (SSSR count). The van der Waals surface area contributed by atoms with E-state index < -0.39 is 11.9 Å². The molecule has 5 nitrogen and oxygen atoms in total. The van der Waals surface area contributed by atoms with Crippen LogP contribution < -0.4 is 4.90 Å². The third-order valence-corrected chi connectivity index (χ3v) is 4.61. The van der Waals surface area contributed by atoms with Gasteiger partial charge in [0.2, 0.25) is 5.91 Å². The lowest BCUT2D eigenvalue weighted by Gasteiger charge is -2.16. The average Bonchev–Trinajstić information content (AvgIpc) is 3.02. The number of carbonyl (C=O) groups is 3. The van der Waals surface area contributed by atoms with Crippen molar-refractivity contribution in [2.75, 3.05) is 18.1 Å². The molecule has 0 N–H and O–H groups in total. The Morgan fingerprint density at radius 2 is 1.58 bits per heavy atom. The molecule has 0 saturated carbocycles. The van der Waals surface area contributed by atoms with Gasteiger partial charge in [0.15, 0.2) is 12.4 Å². The molecule has 7 heteroatoms. The van der Waals surface area contributed by atoms with Crippen LogP contribution in [0.1, 0.15) is 16.8 Å². The summed E-state index contributed by atoms with van der Waals surface area (Å²) in [7, 11) is 0. The number of hydrogen-bond acceptors (Lipinski definition) is 4. The first-order valence-corrected chi connectivity index (χ1v) is 8.71. The number of carbonyl (C=O) groups excluding carboxylic acids is 3. The quantitative estimate of drug-likeness (QED) is 0.574. The van der Waals surface area contributed by atoms with Crippen molar-refractivity contribution in [1.82, 2.24) is 0 Å². The number of halogens is 2. The van der Waals surface area contributed by atoms with Crippen molar-refractivity contribution in [3.05, 3.63) is 64.1 Å². The maximum absolute atomic E-state index is 12.2. The van der Waals surface area contributed by atoms with Gasteiger partial charge in [-0.15, -0.1) is 0 Å². The zero-order chi connectivity index (χ0) is 18.7. The van der Waals surface area contributed by atoms with Gasteiger partial charge < -0.3 is 9.64 Å². The number of amides is 1. The van der Waals surface area contributed by atoms with Crippen molar-refractivity contribution >= 4 is 46.5 Å². The smallest absolute Gasteiger partial charge is 0.311 e. The monoisotopic (exact) mass is 391 g/mol. The number of anilines is 1. The second-order valence-electron chi connectivity index (χ2n) is 5.92. The van der Waals surface area contributed by atoms with Crippen LogP contribution in [0.25, 0.3) is 0 Å². The molecule has 0 aromatic heterocycles. The van der Waals surface area contributed by atoms with E-state index >= 15 is 0 Å². The molecular formula is C19H15Cl2NO4. The summed E-state index contributed by atoms with van der Waals surface area (Å²) in [5.41, 5.74) is 1.08. The summed E-state index contributed by atoms with van der Waals surface area (Å²) < 4.78 is 5.10. The normalized spacial score (nSPS) is 16.6. The summed E-state index contributed by atoms with van der Waals surface area (Å²) in [6.07, 6.45) is 0.0522. The molecule has 1 aliphatic heterocycles. The predicted molar refractivity (Wildman–Crippen MR) is 98.7 cm³/mol. The minimum absolute atomic E-state index is 0.0522. The lowest BCUT2D eigenvalue weighted by molar-refractivity contribution is -0.147. The van der Waals surface area contributed by atoms with Crippen LogP contribution in [0.5, 0.6) is 0 Å². The summed E-state index contributed by atoms with van der Waals surface area (Å²) in [6, 6.07) is 13.1. The lowest BCUT2D eigenvalue weighted by atomic mass is 10.1. The standard InChI is InChI=1S/C19H15Cl2NO4/c20-14-3-1-12(2-4-14)17(23)11-26-19(25)13-9-18(24)22(10-13)16-7-5-15(21)6-8-16/h1-8,13H,9-11H2. The Morgan fingerprint density at radius 3 is 2.19 bits per heavy atom. The van der Waals surface area contributed by atoms with Crippen LogP contribution in [0.15, 0.2) is 48.5 Å². The first-order chi connectivity index (χ1) is 12.4. The van der Waals surface area contributed by atoms with Crippen molar-refractivity contribution in [3.63, 3.8) is 0 Å². The van der Waals surface area contributed by atoms with E-state index in [9.17, 15) is 14.4 Å². The molecule has 2 aromatic rings. The zero-order valence-electron chi connectivity index (χ0n) is 13.7. The molecule has 26 heavy (non-hydrogen) atoms. The molecule has 1 aliphatic rings. The third-order valence-electron chi connectivity index (χ3n) is 4.11. The molecule has 0 radical (unpaired) electrons. The highest BCUT2D eigenvalue weighted by Crippen LogP contribution is 2.27. The first-order valence-electron chi connectivity index (χ1n) is 7.95. The average molecular weight is 392 g/mol. The van der Waals surface area contributed by atoms with Crippen LogP contribution in [0.2, 0.25) is 10.0 Å². The highest BCUT2D eigenvalue weighted by atomic mass is 35.5. The molecule has 1 atom stereocenters. The van der Waals surface area contributed by atoms with E-state index in [0.29, 0.717) is 21.3 Å². The van der Waals surface area contributed by atoms with Crippen molar-refractivity contribution in [1.29, 1.82) is 0 Å². The van der Waals surface area contributed by atoms with Crippen LogP contribution in [0.4, 0.5) is 5.69 Å². The number of esters is 1. The number of hydrogen-bond donors (Lipinski definition) is 0. The summed E-state index contributed by atoms with van der Waals surface area (Å²) in [5, 5.41) is 1.09. The maximum atomic E-state index is 12.2. The highest BCUT2D eigenvalue weighted by molar-refractivity contribution is 6.31. The fraction of sp³-hybridized carbons (Fsp3) is 0.211. The van der Waals surface area contributed by atoms with Crippen molar-refractivity contribution < 1.29 is 19.1 Å². The van der Waals surface area contributed by atoms with Crippen LogP contribution in [0.3, 0.4) is 0 Å². The van der Waals surface area contributed by atoms with Gasteiger partial charge in [0.1, 0.15) is 0 Å². The van der Waals surface area contributed by atoms with E-state index in [4.69, 9.17) is 27.9 Å². The van der Waals surface area contributed by atoms with Crippen LogP contribution in [0, 0.1) is 5.92 Å². The Hall–Kier alpha value is -2.37. The van der Waals surface area contributed by atoms with Crippen molar-refractivity contribution in [2.24, 2.45) is 5.92 Å². The second-order valence-corrected chi connectivity index (χ2v) is 6.79. The van der Waals surface area contributed by atoms with Gasteiger partial charge in [-0.1, -0.05) is 23.2 Å². The molecule has 0 spiro atoms. The summed E-state index contributed by atoms with van der Waals surface area (Å²) in [5.74, 6) is -1.65. The van der Waals surface area contributed by atoms with E-state index in [2.05, 4.69) is 0 Å². The Labute approximate surface area is 160 Å². The topological polar surface area (TPSA) is 63.7 Å². The fourth-order valence-corrected chi connectivity index (χ4v) is 2.96. The minimum Gasteiger partial charge on any atom is -0.457 e. The van der Waals surface area contributed by atoms with Crippen LogP contribution in [-0.4, -0.2) is 30.8 Å². The number of benzene rings is 2. The van der Waals surface area contributed by atoms with Crippen LogP contribution in [-0.2, 0) is 14.3 Å². The van der Waals surface area contributed by atoms with Gasteiger partial charge in [0.25, 0.3) is 0 Å². The number of ketones is 1. The van der Waals surface area contributed by atoms with Gasteiger partial charge in [-0.05, 0) is 48.5 Å². The SMILES string of the molecule is O=C(COC(=O)C1CC(=O)N(c2ccc(Cl)cc2)C1)c1ccc(Cl)cc1. The third kappa shape index (κ3) is 4.23. The van der Waals surface area contributed by atoms with Crippen molar-refractivity contribution in [3.8, 4) is 0 Å². The Balaban J connectivity index is 1.57. The first kappa shape index (κ1) is 18.4. The minimum atomic E-state index is -0.601. The fourth-order valence-electron chi connectivity index (χ4n) is 2.71. The molecule has 1 amide bonds. The molecule has 1 saturated heterocycles. The molecule has 0 bridgehead atoms. The summed E-state index contributed by atoms with van der Waals surface area (Å²) >= 11 is 11.6. The molecule has 1 unspecified atom stereocenters. The number of nitrogens with zero attached hydrogens (tertiary/aromatic N) is 1. The van der Waals surface area contributed by atoms with Gasteiger partial charge in [0, 0.05) is 34.3 Å². The Bertz CT molecular complexity index is 834. The van der Waals surface area contributed by atoms with Gasteiger partial charge in [-0.3, -0.25) is 14.4 Å². The van der Waals surface area contributed by atoms with E-state index in [1.165, 1.54) is 4.90 Å². The number of rotatable bonds is 5. The van der Waals surface area contributed by atoms with Gasteiger partial charge in [0.05, 0.1) is 5.92 Å². The maximum Gasteiger partial charge on any atom is 0.311 e.